The molecule has 1 heterocycles. The van der Waals surface area contributed by atoms with Crippen LogP contribution in [-0.2, 0) is 10.0 Å². The van der Waals surface area contributed by atoms with E-state index in [1.807, 2.05) is 0 Å². The van der Waals surface area contributed by atoms with Gasteiger partial charge in [0.2, 0.25) is 10.0 Å². The molecule has 1 aliphatic heterocycles. The highest BCUT2D eigenvalue weighted by molar-refractivity contribution is 7.89. The van der Waals surface area contributed by atoms with Crippen molar-refractivity contribution in [3.05, 3.63) is 53.8 Å². The second-order valence-corrected chi connectivity index (χ2v) is 7.88. The Morgan fingerprint density at radius 1 is 1.15 bits per heavy atom. The summed E-state index contributed by atoms with van der Waals surface area (Å²) in [4.78, 5) is 12.3. The van der Waals surface area contributed by atoms with Crippen molar-refractivity contribution in [1.29, 1.82) is 0 Å². The fraction of sp³-hybridized carbons (Fsp3) is 0.278. The van der Waals surface area contributed by atoms with Gasteiger partial charge in [-0.25, -0.2) is 12.8 Å². The fourth-order valence-corrected chi connectivity index (χ4v) is 4.36. The second kappa shape index (κ2) is 7.43. The van der Waals surface area contributed by atoms with Gasteiger partial charge in [-0.3, -0.25) is 4.79 Å². The molecular weight excluding hydrogens is 359 g/mol. The molecule has 1 saturated heterocycles. The van der Waals surface area contributed by atoms with Gasteiger partial charge in [-0.2, -0.15) is 4.31 Å². The van der Waals surface area contributed by atoms with Crippen molar-refractivity contribution in [3.8, 4) is 5.75 Å². The Morgan fingerprint density at radius 3 is 2.58 bits per heavy atom. The molecule has 0 unspecified atom stereocenters. The minimum atomic E-state index is -3.73. The van der Waals surface area contributed by atoms with Crippen molar-refractivity contribution in [2.45, 2.75) is 17.7 Å². The van der Waals surface area contributed by atoms with Gasteiger partial charge in [0.1, 0.15) is 11.6 Å². The van der Waals surface area contributed by atoms with Gasteiger partial charge in [0.25, 0.3) is 5.91 Å². The van der Waals surface area contributed by atoms with Gasteiger partial charge in [-0.1, -0.05) is 6.07 Å². The van der Waals surface area contributed by atoms with E-state index in [2.05, 4.69) is 5.32 Å². The lowest BCUT2D eigenvalue weighted by Crippen LogP contribution is -2.28. The molecule has 0 bridgehead atoms. The Labute approximate surface area is 151 Å². The highest BCUT2D eigenvalue weighted by Gasteiger charge is 2.28. The molecule has 1 fully saturated rings. The molecule has 0 saturated carbocycles. The van der Waals surface area contributed by atoms with Crippen molar-refractivity contribution < 1.29 is 22.3 Å². The molecule has 1 amide bonds. The SMILES string of the molecule is COc1cccc(NC(=O)c2cc(S(=O)(=O)N3CCCC3)ccc2F)c1. The first-order valence-corrected chi connectivity index (χ1v) is 9.61. The average Bonchev–Trinajstić information content (AvgIpc) is 3.17. The van der Waals surface area contributed by atoms with Crippen LogP contribution in [0.1, 0.15) is 23.2 Å². The van der Waals surface area contributed by atoms with E-state index < -0.39 is 21.7 Å². The Hall–Kier alpha value is -2.45. The number of halogens is 1. The Bertz CT molecular complexity index is 925. The van der Waals surface area contributed by atoms with Crippen LogP contribution in [0.5, 0.6) is 5.75 Å². The molecule has 8 heteroatoms. The molecular formula is C18H19FN2O4S. The van der Waals surface area contributed by atoms with E-state index in [4.69, 9.17) is 4.74 Å². The summed E-state index contributed by atoms with van der Waals surface area (Å²) in [6.07, 6.45) is 1.59. The molecule has 138 valence electrons. The van der Waals surface area contributed by atoms with E-state index in [9.17, 15) is 17.6 Å². The van der Waals surface area contributed by atoms with Gasteiger partial charge in [0, 0.05) is 24.8 Å². The number of carbonyl (C=O) groups excluding carboxylic acids is 1. The minimum absolute atomic E-state index is 0.0865. The lowest BCUT2D eigenvalue weighted by molar-refractivity contribution is 0.102. The Morgan fingerprint density at radius 2 is 1.88 bits per heavy atom. The summed E-state index contributed by atoms with van der Waals surface area (Å²) < 4.78 is 45.8. The van der Waals surface area contributed by atoms with Crippen LogP contribution in [0.15, 0.2) is 47.4 Å². The molecule has 2 aromatic rings. The Balaban J connectivity index is 1.88. The summed E-state index contributed by atoms with van der Waals surface area (Å²) in [7, 11) is -2.23. The normalized spacial score (nSPS) is 15.0. The van der Waals surface area contributed by atoms with Gasteiger partial charge < -0.3 is 10.1 Å². The molecule has 26 heavy (non-hydrogen) atoms. The van der Waals surface area contributed by atoms with Crippen molar-refractivity contribution in [2.24, 2.45) is 0 Å². The quantitative estimate of drug-likeness (QED) is 0.868. The number of hydrogen-bond donors (Lipinski definition) is 1. The molecule has 0 spiro atoms. The third-order valence-corrected chi connectivity index (χ3v) is 6.11. The summed E-state index contributed by atoms with van der Waals surface area (Å²) >= 11 is 0. The molecule has 0 aromatic heterocycles. The zero-order valence-electron chi connectivity index (χ0n) is 14.2. The average molecular weight is 378 g/mol. The van der Waals surface area contributed by atoms with Crippen molar-refractivity contribution in [3.63, 3.8) is 0 Å². The molecule has 0 atom stereocenters. The van der Waals surface area contributed by atoms with Crippen LogP contribution >= 0.6 is 0 Å². The second-order valence-electron chi connectivity index (χ2n) is 5.94. The number of benzene rings is 2. The zero-order chi connectivity index (χ0) is 18.7. The summed E-state index contributed by atoms with van der Waals surface area (Å²) in [5.74, 6) is -0.978. The van der Waals surface area contributed by atoms with E-state index in [1.54, 1.807) is 24.3 Å². The van der Waals surface area contributed by atoms with Crippen LogP contribution in [0, 0.1) is 5.82 Å². The van der Waals surface area contributed by atoms with E-state index in [0.717, 1.165) is 25.0 Å². The lowest BCUT2D eigenvalue weighted by atomic mass is 10.2. The number of hydrogen-bond acceptors (Lipinski definition) is 4. The molecule has 0 aliphatic carbocycles. The first-order chi connectivity index (χ1) is 12.4. The third kappa shape index (κ3) is 3.71. The van der Waals surface area contributed by atoms with Gasteiger partial charge in [-0.15, -0.1) is 0 Å². The smallest absolute Gasteiger partial charge is 0.258 e. The molecule has 0 radical (unpaired) electrons. The lowest BCUT2D eigenvalue weighted by Gasteiger charge is -2.16. The summed E-state index contributed by atoms with van der Waals surface area (Å²) in [5, 5.41) is 2.55. The largest absolute Gasteiger partial charge is 0.497 e. The summed E-state index contributed by atoms with van der Waals surface area (Å²) in [6, 6.07) is 9.87. The van der Waals surface area contributed by atoms with Crippen molar-refractivity contribution >= 4 is 21.6 Å². The van der Waals surface area contributed by atoms with E-state index in [-0.39, 0.29) is 10.5 Å². The number of methoxy groups -OCH3 is 1. The first-order valence-electron chi connectivity index (χ1n) is 8.17. The number of amides is 1. The zero-order valence-corrected chi connectivity index (χ0v) is 15.1. The van der Waals surface area contributed by atoms with E-state index >= 15 is 0 Å². The van der Waals surface area contributed by atoms with Gasteiger partial charge >= 0.3 is 0 Å². The highest BCUT2D eigenvalue weighted by Crippen LogP contribution is 2.24. The first kappa shape index (κ1) is 18.3. The fourth-order valence-electron chi connectivity index (χ4n) is 2.82. The molecule has 1 aliphatic rings. The number of ether oxygens (including phenoxy) is 1. The maximum Gasteiger partial charge on any atom is 0.258 e. The van der Waals surface area contributed by atoms with Crippen LogP contribution in [0.3, 0.4) is 0 Å². The van der Waals surface area contributed by atoms with Crippen LogP contribution in [0.25, 0.3) is 0 Å². The number of rotatable bonds is 5. The van der Waals surface area contributed by atoms with E-state index in [1.165, 1.54) is 17.5 Å². The van der Waals surface area contributed by atoms with Crippen molar-refractivity contribution in [2.75, 3.05) is 25.5 Å². The van der Waals surface area contributed by atoms with E-state index in [0.29, 0.717) is 24.5 Å². The van der Waals surface area contributed by atoms with Crippen molar-refractivity contribution in [1.82, 2.24) is 4.31 Å². The molecule has 6 nitrogen and oxygen atoms in total. The third-order valence-electron chi connectivity index (χ3n) is 4.21. The number of nitrogens with zero attached hydrogens (tertiary/aromatic N) is 1. The van der Waals surface area contributed by atoms with Crippen LogP contribution in [0.4, 0.5) is 10.1 Å². The van der Waals surface area contributed by atoms with Gasteiger partial charge in [0.05, 0.1) is 17.6 Å². The monoisotopic (exact) mass is 378 g/mol. The number of anilines is 1. The summed E-state index contributed by atoms with van der Waals surface area (Å²) in [5.41, 5.74) is 0.0923. The standard InChI is InChI=1S/C18H19FN2O4S/c1-25-14-6-4-5-13(11-14)20-18(22)16-12-15(7-8-17(16)19)26(23,24)21-9-2-3-10-21/h4-8,11-12H,2-3,9-10H2,1H3,(H,20,22). The number of carbonyl (C=O) groups is 1. The predicted octanol–water partition coefficient (Wildman–Crippen LogP) is 2.87. The highest BCUT2D eigenvalue weighted by atomic mass is 32.2. The van der Waals surface area contributed by atoms with Crippen LogP contribution < -0.4 is 10.1 Å². The number of nitrogens with one attached hydrogen (secondary N) is 1. The topological polar surface area (TPSA) is 75.7 Å². The maximum absolute atomic E-state index is 14.1. The van der Waals surface area contributed by atoms with Gasteiger partial charge in [-0.05, 0) is 43.2 Å². The Kier molecular flexibility index (Phi) is 5.24. The minimum Gasteiger partial charge on any atom is -0.497 e. The van der Waals surface area contributed by atoms with Crippen LogP contribution in [0.2, 0.25) is 0 Å². The maximum atomic E-state index is 14.1. The molecule has 3 rings (SSSR count). The molecule has 1 N–H and O–H groups in total. The predicted molar refractivity (Wildman–Crippen MR) is 95.3 cm³/mol. The molecule has 2 aromatic carbocycles. The summed E-state index contributed by atoms with van der Waals surface area (Å²) in [6.45, 7) is 0.871. The van der Waals surface area contributed by atoms with Gasteiger partial charge in [0.15, 0.2) is 0 Å². The number of sulfonamides is 1. The van der Waals surface area contributed by atoms with Crippen LogP contribution in [-0.4, -0.2) is 38.8 Å².